The van der Waals surface area contributed by atoms with E-state index in [4.69, 9.17) is 29.6 Å². The van der Waals surface area contributed by atoms with E-state index in [1.807, 2.05) is 6.08 Å². The molecule has 296 valence electrons. The van der Waals surface area contributed by atoms with Crippen molar-refractivity contribution in [1.29, 1.82) is 0 Å². The maximum Gasteiger partial charge on any atom is 0.262 e. The molecular weight excluding hydrogens is 725 g/mol. The maximum absolute atomic E-state index is 8.04. The van der Waals surface area contributed by atoms with Crippen LogP contribution in [0.1, 0.15) is 74.1 Å². The van der Waals surface area contributed by atoms with E-state index >= 15 is 0 Å². The molecule has 4 aromatic carbocycles. The van der Waals surface area contributed by atoms with Crippen LogP contribution in [0.3, 0.4) is 0 Å². The van der Waals surface area contributed by atoms with Gasteiger partial charge in [0.2, 0.25) is 0 Å². The van der Waals surface area contributed by atoms with Crippen molar-refractivity contribution in [3.8, 4) is 0 Å². The van der Waals surface area contributed by atoms with Gasteiger partial charge in [0.25, 0.3) is 16.6 Å². The summed E-state index contributed by atoms with van der Waals surface area (Å²) in [5, 5.41) is 4.27. The minimum Gasteiger partial charge on any atom is -0.469 e. The highest BCUT2D eigenvalue weighted by Gasteiger charge is 2.57. The zero-order valence-corrected chi connectivity index (χ0v) is 36.6. The van der Waals surface area contributed by atoms with E-state index in [0.717, 1.165) is 36.2 Å². The van der Waals surface area contributed by atoms with Crippen molar-refractivity contribution in [1.82, 2.24) is 0 Å². The first kappa shape index (κ1) is 41.8. The second-order valence-electron chi connectivity index (χ2n) is 17.3. The molecule has 4 atom stereocenters. The topological polar surface area (TPSA) is 46.2 Å². The van der Waals surface area contributed by atoms with Crippen LogP contribution in [0.2, 0.25) is 10.1 Å². The molecule has 7 heteroatoms. The normalized spacial score (nSPS) is 22.0. The van der Waals surface area contributed by atoms with E-state index in [9.17, 15) is 0 Å². The fourth-order valence-corrected chi connectivity index (χ4v) is 18.2. The highest BCUT2D eigenvalue weighted by molar-refractivity contribution is 7.00. The molecule has 6 rings (SSSR count). The van der Waals surface area contributed by atoms with Gasteiger partial charge in [-0.3, -0.25) is 0 Å². The molecule has 1 saturated carbocycles. The Kier molecular flexibility index (Phi) is 13.3. The van der Waals surface area contributed by atoms with Gasteiger partial charge in [-0.25, -0.2) is 0 Å². The molecule has 0 bridgehead atoms. The lowest BCUT2D eigenvalue weighted by Crippen LogP contribution is -2.71. The third-order valence-electron chi connectivity index (χ3n) is 11.5. The lowest BCUT2D eigenvalue weighted by Gasteiger charge is -2.52. The minimum absolute atomic E-state index is 0.257. The summed E-state index contributed by atoms with van der Waals surface area (Å²) in [4.78, 5) is 0. The lowest BCUT2D eigenvalue weighted by atomic mass is 9.83. The van der Waals surface area contributed by atoms with Crippen LogP contribution < -0.4 is 20.7 Å². The van der Waals surface area contributed by atoms with Gasteiger partial charge in [0.15, 0.2) is 6.29 Å². The summed E-state index contributed by atoms with van der Waals surface area (Å²) < 4.78 is 35.9. The summed E-state index contributed by atoms with van der Waals surface area (Å²) in [5.41, 5.74) is 1.87. The van der Waals surface area contributed by atoms with Gasteiger partial charge in [0.1, 0.15) is 11.9 Å². The van der Waals surface area contributed by atoms with E-state index in [-0.39, 0.29) is 16.4 Å². The second kappa shape index (κ2) is 17.8. The Bertz CT molecular complexity index is 1830. The molecule has 0 aromatic heterocycles. The zero-order chi connectivity index (χ0) is 40.0. The smallest absolute Gasteiger partial charge is 0.262 e. The van der Waals surface area contributed by atoms with Gasteiger partial charge < -0.3 is 23.1 Å². The molecular formula is C49H62O5Si2. The molecule has 1 saturated heterocycles. The summed E-state index contributed by atoms with van der Waals surface area (Å²) in [5.74, 6) is 0.802. The third-order valence-corrected chi connectivity index (χ3v) is 21.6. The highest BCUT2D eigenvalue weighted by atomic mass is 28.4. The van der Waals surface area contributed by atoms with Crippen LogP contribution in [-0.2, 0) is 23.1 Å². The van der Waals surface area contributed by atoms with Crippen LogP contribution in [0, 0.1) is 0 Å². The van der Waals surface area contributed by atoms with Gasteiger partial charge in [-0.15, -0.1) is 6.58 Å². The van der Waals surface area contributed by atoms with E-state index in [0.29, 0.717) is 19.6 Å². The molecule has 1 aliphatic heterocycles. The van der Waals surface area contributed by atoms with Crippen molar-refractivity contribution in [2.45, 2.75) is 109 Å². The average molecular weight is 787 g/mol. The van der Waals surface area contributed by atoms with Crippen molar-refractivity contribution in [3.05, 3.63) is 157 Å². The molecule has 56 heavy (non-hydrogen) atoms. The molecule has 0 radical (unpaired) electrons. The van der Waals surface area contributed by atoms with Crippen LogP contribution in [0.4, 0.5) is 0 Å². The summed E-state index contributed by atoms with van der Waals surface area (Å²) in [7, 11) is -6.19. The molecule has 4 unspecified atom stereocenters. The number of rotatable bonds is 13. The van der Waals surface area contributed by atoms with Gasteiger partial charge in [0, 0.05) is 12.8 Å². The largest absolute Gasteiger partial charge is 0.469 e. The molecule has 5 nitrogen and oxygen atoms in total. The van der Waals surface area contributed by atoms with Gasteiger partial charge in [-0.05, 0) is 61.7 Å². The molecule has 2 fully saturated rings. The van der Waals surface area contributed by atoms with Crippen molar-refractivity contribution in [2.75, 3.05) is 13.2 Å². The minimum atomic E-state index is -3.12. The average Bonchev–Trinajstić information content (AvgIpc) is 3.20. The Morgan fingerprint density at radius 3 is 1.54 bits per heavy atom. The van der Waals surface area contributed by atoms with Crippen molar-refractivity contribution in [2.24, 2.45) is 0 Å². The number of allylic oxidation sites excluding steroid dienone is 1. The lowest BCUT2D eigenvalue weighted by molar-refractivity contribution is -0.139. The standard InChI is InChI=1S/C49H62O5Si2/c1-10-34-51-47-44(53-55(48(4,5)6,39-25-15-11-16-26-39)40-27-17-12-18-28-40)36-43(38(3)52-45-33-23-24-35-50-45)37(2)46(47)54-56(49(7,8)9,41-29-19-13-20-30-41)42-31-21-14-22-32-42/h10-22,25-32,44-47H,1-2,23-24,33-36H2,3-9H3. The first-order valence-electron chi connectivity index (χ1n) is 20.3. The Morgan fingerprint density at radius 2 is 1.14 bits per heavy atom. The quantitative estimate of drug-likeness (QED) is 0.0769. The highest BCUT2D eigenvalue weighted by Crippen LogP contribution is 2.46. The third kappa shape index (κ3) is 8.40. The van der Waals surface area contributed by atoms with E-state index < -0.39 is 34.9 Å². The maximum atomic E-state index is 8.04. The Balaban J connectivity index is 1.59. The molecule has 0 amide bonds. The second-order valence-corrected chi connectivity index (χ2v) is 25.8. The van der Waals surface area contributed by atoms with E-state index in [1.165, 1.54) is 20.7 Å². The van der Waals surface area contributed by atoms with Gasteiger partial charge in [-0.2, -0.15) is 0 Å². The monoisotopic (exact) mass is 786 g/mol. The fourth-order valence-electron chi connectivity index (χ4n) is 8.88. The summed E-state index contributed by atoms with van der Waals surface area (Å²) >= 11 is 0. The van der Waals surface area contributed by atoms with Crippen molar-refractivity contribution >= 4 is 37.4 Å². The Labute approximate surface area is 338 Å². The van der Waals surface area contributed by atoms with Crippen LogP contribution in [0.25, 0.3) is 0 Å². The van der Waals surface area contributed by atoms with E-state index in [1.54, 1.807) is 0 Å². The van der Waals surface area contributed by atoms with E-state index in [2.05, 4.69) is 176 Å². The van der Waals surface area contributed by atoms with Crippen LogP contribution in [0.15, 0.2) is 157 Å². The SMILES string of the molecule is C=CCOC1C(O[Si](c2ccccc2)(c2ccccc2)C(C)(C)C)CC(=C(C)OC2CCCCO2)C(=C)C1O[Si](c1ccccc1)(c1ccccc1)C(C)(C)C. The molecule has 4 aromatic rings. The summed E-state index contributed by atoms with van der Waals surface area (Å²) in [6.07, 6.45) is 3.55. The summed E-state index contributed by atoms with van der Waals surface area (Å²) in [6, 6.07) is 43.3. The van der Waals surface area contributed by atoms with Crippen LogP contribution in [0.5, 0.6) is 0 Å². The zero-order valence-electron chi connectivity index (χ0n) is 34.6. The number of benzene rings is 4. The molecule has 0 N–H and O–H groups in total. The predicted molar refractivity (Wildman–Crippen MR) is 236 cm³/mol. The Hall–Kier alpha value is -3.83. The Morgan fingerprint density at radius 1 is 0.696 bits per heavy atom. The molecule has 0 spiro atoms. The van der Waals surface area contributed by atoms with Crippen LogP contribution >= 0.6 is 0 Å². The first-order valence-corrected chi connectivity index (χ1v) is 24.1. The first-order chi connectivity index (χ1) is 26.8. The number of hydrogen-bond donors (Lipinski definition) is 0. The van der Waals surface area contributed by atoms with Gasteiger partial charge in [0.05, 0.1) is 25.4 Å². The van der Waals surface area contributed by atoms with Crippen LogP contribution in [-0.4, -0.2) is 54.5 Å². The van der Waals surface area contributed by atoms with Gasteiger partial charge in [-0.1, -0.05) is 176 Å². The number of ether oxygens (including phenoxy) is 3. The molecule has 1 aliphatic carbocycles. The van der Waals surface area contributed by atoms with Crippen molar-refractivity contribution in [3.63, 3.8) is 0 Å². The molecule has 1 heterocycles. The fraction of sp³-hybridized carbons (Fsp3) is 0.388. The predicted octanol–water partition coefficient (Wildman–Crippen LogP) is 9.23. The number of hydrogen-bond acceptors (Lipinski definition) is 5. The van der Waals surface area contributed by atoms with Crippen molar-refractivity contribution < 1.29 is 23.1 Å². The van der Waals surface area contributed by atoms with Gasteiger partial charge >= 0.3 is 0 Å². The summed E-state index contributed by atoms with van der Waals surface area (Å²) in [6.45, 7) is 25.9. The molecule has 2 aliphatic rings.